The highest BCUT2D eigenvalue weighted by atomic mass is 32.1. The summed E-state index contributed by atoms with van der Waals surface area (Å²) in [7, 11) is 4.03. The lowest BCUT2D eigenvalue weighted by Gasteiger charge is -2.14. The smallest absolute Gasteiger partial charge is 0.293 e. The van der Waals surface area contributed by atoms with Gasteiger partial charge in [0, 0.05) is 18.5 Å². The summed E-state index contributed by atoms with van der Waals surface area (Å²) in [6.07, 6.45) is 1.59. The van der Waals surface area contributed by atoms with Gasteiger partial charge in [0.1, 0.15) is 0 Å². The Morgan fingerprint density at radius 1 is 1.14 bits per heavy atom. The molecule has 0 fully saturated rings. The molecular weight excluding hydrogens is 376 g/mol. The number of hydrogen-bond donors (Lipinski definition) is 2. The van der Waals surface area contributed by atoms with Gasteiger partial charge in [-0.05, 0) is 37.4 Å². The highest BCUT2D eigenvalue weighted by molar-refractivity contribution is 7.14. The van der Waals surface area contributed by atoms with Crippen LogP contribution >= 0.6 is 11.3 Å². The van der Waals surface area contributed by atoms with E-state index >= 15 is 0 Å². The Bertz CT molecular complexity index is 935. The molecule has 0 saturated heterocycles. The molecule has 2 aromatic heterocycles. The number of rotatable bonds is 8. The van der Waals surface area contributed by atoms with E-state index in [1.807, 2.05) is 32.3 Å². The zero-order valence-electron chi connectivity index (χ0n) is 15.8. The van der Waals surface area contributed by atoms with Crippen molar-refractivity contribution >= 4 is 28.3 Å². The second-order valence-electron chi connectivity index (χ2n) is 6.54. The first-order valence-corrected chi connectivity index (χ1v) is 9.66. The van der Waals surface area contributed by atoms with Crippen molar-refractivity contribution in [3.63, 3.8) is 0 Å². The van der Waals surface area contributed by atoms with Crippen LogP contribution in [0.4, 0.5) is 5.13 Å². The van der Waals surface area contributed by atoms with Crippen LogP contribution in [0.2, 0.25) is 0 Å². The molecule has 0 aliphatic carbocycles. The maximum absolute atomic E-state index is 12.3. The molecule has 3 rings (SSSR count). The van der Waals surface area contributed by atoms with E-state index in [9.17, 15) is 9.59 Å². The monoisotopic (exact) mass is 398 g/mol. The van der Waals surface area contributed by atoms with Crippen molar-refractivity contribution in [2.75, 3.05) is 19.4 Å². The molecule has 0 unspecified atom stereocenters. The number of anilines is 1. The zero-order chi connectivity index (χ0) is 19.9. The Morgan fingerprint density at radius 2 is 1.93 bits per heavy atom. The van der Waals surface area contributed by atoms with Crippen LogP contribution in [0.5, 0.6) is 0 Å². The number of nitrogens with one attached hydrogen (secondary N) is 2. The van der Waals surface area contributed by atoms with E-state index < -0.39 is 0 Å². The average molecular weight is 398 g/mol. The van der Waals surface area contributed by atoms with Crippen molar-refractivity contribution in [2.24, 2.45) is 0 Å². The largest absolute Gasteiger partial charge is 0.459 e. The predicted octanol–water partition coefficient (Wildman–Crippen LogP) is 2.91. The fourth-order valence-corrected chi connectivity index (χ4v) is 3.36. The normalized spacial score (nSPS) is 10.8. The summed E-state index contributed by atoms with van der Waals surface area (Å²) in [4.78, 5) is 30.6. The number of nitrogens with zero attached hydrogens (tertiary/aromatic N) is 2. The number of thiazole rings is 1. The van der Waals surface area contributed by atoms with Crippen LogP contribution in [0, 0.1) is 0 Å². The van der Waals surface area contributed by atoms with E-state index in [0.29, 0.717) is 17.4 Å². The lowest BCUT2D eigenvalue weighted by Crippen LogP contribution is -2.25. The van der Waals surface area contributed by atoms with Crippen LogP contribution in [0.3, 0.4) is 0 Å². The molecule has 2 amide bonds. The summed E-state index contributed by atoms with van der Waals surface area (Å²) >= 11 is 1.27. The first-order chi connectivity index (χ1) is 13.5. The molecule has 2 N–H and O–H groups in total. The number of benzene rings is 1. The van der Waals surface area contributed by atoms with Crippen LogP contribution in [-0.2, 0) is 24.3 Å². The van der Waals surface area contributed by atoms with Gasteiger partial charge in [0.15, 0.2) is 10.9 Å². The van der Waals surface area contributed by atoms with Crippen LogP contribution in [0.1, 0.15) is 27.4 Å². The van der Waals surface area contributed by atoms with Crippen LogP contribution < -0.4 is 10.6 Å². The summed E-state index contributed by atoms with van der Waals surface area (Å²) in [6, 6.07) is 11.3. The van der Waals surface area contributed by atoms with Gasteiger partial charge in [0.25, 0.3) is 5.91 Å². The summed E-state index contributed by atoms with van der Waals surface area (Å²) < 4.78 is 5.04. The maximum Gasteiger partial charge on any atom is 0.293 e. The number of amides is 2. The quantitative estimate of drug-likeness (QED) is 0.609. The maximum atomic E-state index is 12.3. The Hall–Kier alpha value is -2.97. The van der Waals surface area contributed by atoms with Gasteiger partial charge < -0.3 is 14.6 Å². The average Bonchev–Trinajstić information content (AvgIpc) is 3.33. The minimum atomic E-state index is -0.368. The highest BCUT2D eigenvalue weighted by Gasteiger charge is 2.13. The Morgan fingerprint density at radius 3 is 2.64 bits per heavy atom. The number of carbonyl (C=O) groups is 2. The minimum Gasteiger partial charge on any atom is -0.459 e. The van der Waals surface area contributed by atoms with Gasteiger partial charge in [0.2, 0.25) is 5.91 Å². The van der Waals surface area contributed by atoms with Crippen molar-refractivity contribution in [1.82, 2.24) is 15.2 Å². The molecule has 7 nitrogen and oxygen atoms in total. The van der Waals surface area contributed by atoms with Crippen molar-refractivity contribution in [1.29, 1.82) is 0 Å². The van der Waals surface area contributed by atoms with Crippen molar-refractivity contribution in [3.05, 3.63) is 70.6 Å². The fourth-order valence-electron chi connectivity index (χ4n) is 2.66. The van der Waals surface area contributed by atoms with Crippen LogP contribution in [0.15, 0.2) is 52.5 Å². The topological polar surface area (TPSA) is 87.5 Å². The van der Waals surface area contributed by atoms with E-state index in [1.54, 1.807) is 17.5 Å². The molecule has 0 aliphatic rings. The third kappa shape index (κ3) is 5.51. The van der Waals surface area contributed by atoms with Crippen molar-refractivity contribution < 1.29 is 14.0 Å². The van der Waals surface area contributed by atoms with E-state index in [4.69, 9.17) is 4.42 Å². The summed E-state index contributed by atoms with van der Waals surface area (Å²) in [6.45, 7) is 1.28. The summed E-state index contributed by atoms with van der Waals surface area (Å²) in [5, 5.41) is 7.79. The molecule has 2 heterocycles. The molecule has 0 radical (unpaired) electrons. The molecule has 0 atom stereocenters. The van der Waals surface area contributed by atoms with Gasteiger partial charge in [-0.2, -0.15) is 0 Å². The summed E-state index contributed by atoms with van der Waals surface area (Å²) in [5.74, 6) is -0.271. The van der Waals surface area contributed by atoms with Gasteiger partial charge in [-0.25, -0.2) is 4.98 Å². The van der Waals surface area contributed by atoms with Crippen LogP contribution in [0.25, 0.3) is 0 Å². The number of carbonyl (C=O) groups excluding carboxylic acids is 2. The highest BCUT2D eigenvalue weighted by Crippen LogP contribution is 2.17. The first-order valence-electron chi connectivity index (χ1n) is 8.78. The second kappa shape index (κ2) is 9.29. The lowest BCUT2D eigenvalue weighted by molar-refractivity contribution is -0.120. The lowest BCUT2D eigenvalue weighted by atomic mass is 10.1. The third-order valence-electron chi connectivity index (χ3n) is 3.94. The standard InChI is InChI=1S/C20H22N4O3S/c1-24(2)12-15-7-4-3-6-14(15)11-21-18(25)10-16-13-28-20(22-16)23-19(26)17-8-5-9-27-17/h3-9,13H,10-12H2,1-2H3,(H,21,25)(H,22,23,26). The SMILES string of the molecule is CN(C)Cc1ccccc1CNC(=O)Cc1csc(NC(=O)c2ccco2)n1. The number of aromatic nitrogens is 1. The second-order valence-corrected chi connectivity index (χ2v) is 7.39. The predicted molar refractivity (Wildman–Crippen MR) is 108 cm³/mol. The fraction of sp³-hybridized carbons (Fsp3) is 0.250. The van der Waals surface area contributed by atoms with E-state index in [0.717, 1.165) is 12.1 Å². The molecule has 8 heteroatoms. The van der Waals surface area contributed by atoms with Crippen LogP contribution in [-0.4, -0.2) is 35.8 Å². The Labute approximate surface area is 167 Å². The number of hydrogen-bond acceptors (Lipinski definition) is 6. The molecule has 0 bridgehead atoms. The molecule has 0 saturated carbocycles. The molecular formula is C20H22N4O3S. The van der Waals surface area contributed by atoms with Crippen molar-refractivity contribution in [3.8, 4) is 0 Å². The molecule has 0 aliphatic heterocycles. The van der Waals surface area contributed by atoms with Crippen molar-refractivity contribution in [2.45, 2.75) is 19.5 Å². The van der Waals surface area contributed by atoms with Gasteiger partial charge in [-0.3, -0.25) is 14.9 Å². The summed E-state index contributed by atoms with van der Waals surface area (Å²) in [5.41, 5.74) is 2.89. The van der Waals surface area contributed by atoms with Gasteiger partial charge in [-0.1, -0.05) is 24.3 Å². The molecule has 28 heavy (non-hydrogen) atoms. The zero-order valence-corrected chi connectivity index (χ0v) is 16.6. The van der Waals surface area contributed by atoms with E-state index in [1.165, 1.54) is 23.2 Å². The van der Waals surface area contributed by atoms with Gasteiger partial charge in [0.05, 0.1) is 18.4 Å². The molecule has 146 valence electrons. The minimum absolute atomic E-state index is 0.117. The molecule has 0 spiro atoms. The number of furan rings is 1. The van der Waals surface area contributed by atoms with Gasteiger partial charge in [-0.15, -0.1) is 11.3 Å². The Kier molecular flexibility index (Phi) is 6.57. The third-order valence-corrected chi connectivity index (χ3v) is 4.75. The van der Waals surface area contributed by atoms with E-state index in [-0.39, 0.29) is 24.0 Å². The molecule has 3 aromatic rings. The Balaban J connectivity index is 1.52. The molecule has 1 aromatic carbocycles. The van der Waals surface area contributed by atoms with Gasteiger partial charge >= 0.3 is 0 Å². The first kappa shape index (κ1) is 19.8. The van der Waals surface area contributed by atoms with E-state index in [2.05, 4.69) is 26.6 Å².